The number of pyridine rings is 1. The number of aliphatic imine (C=N–C) groups is 2. The fraction of sp³-hybridized carbons (Fsp3) is 0.529. The molecule has 0 saturated carbocycles. The molecular weight excluding hydrogens is 554 g/mol. The van der Waals surface area contributed by atoms with Crippen LogP contribution in [0.3, 0.4) is 0 Å². The van der Waals surface area contributed by atoms with E-state index in [0.29, 0.717) is 25.0 Å². The number of nitrogens with zero attached hydrogens (tertiary/aromatic N) is 4. The Morgan fingerprint density at radius 3 is 1.22 bits per heavy atom. The van der Waals surface area contributed by atoms with Crippen molar-refractivity contribution in [2.45, 2.75) is 45.7 Å². The van der Waals surface area contributed by atoms with Gasteiger partial charge in [-0.1, -0.05) is 6.07 Å². The van der Waals surface area contributed by atoms with Gasteiger partial charge in [0, 0.05) is 6.92 Å². The standard InChI is InChI=1S/C15H19N3O2.C2H3N.2BF4.Fe.2H2O/c1-14(2)8-19-12(17-14)10-6-5-7-11(16-10)13-18-15(3,4)9-20-13;1-2-3;2*2-1(3,4)5;;;/h5-7H,8-9H2,1-4H3;1H3;;;;2*1H2/q;;2*-1;+2;;/p+2. The molecule has 3 rings (SSSR count). The first-order valence-electron chi connectivity index (χ1n) is 9.25. The van der Waals surface area contributed by atoms with Gasteiger partial charge in [-0.05, 0) is 39.8 Å². The number of rotatable bonds is 2. The summed E-state index contributed by atoms with van der Waals surface area (Å²) in [6.07, 6.45) is 0. The van der Waals surface area contributed by atoms with Crippen LogP contribution in [0.15, 0.2) is 28.2 Å². The molecule has 8 nitrogen and oxygen atoms in total. The molecule has 0 aliphatic carbocycles. The second-order valence-electron chi connectivity index (χ2n) is 7.66. The van der Waals surface area contributed by atoms with Crippen molar-refractivity contribution < 1.29 is 72.0 Å². The van der Waals surface area contributed by atoms with Gasteiger partial charge >= 0.3 is 31.6 Å². The van der Waals surface area contributed by atoms with E-state index in [-0.39, 0.29) is 39.1 Å². The molecule has 0 bridgehead atoms. The van der Waals surface area contributed by atoms with Crippen LogP contribution in [-0.2, 0) is 37.5 Å². The number of hydrogen-bond donors (Lipinski definition) is 0. The van der Waals surface area contributed by atoms with Crippen LogP contribution < -0.4 is 0 Å². The summed E-state index contributed by atoms with van der Waals surface area (Å²) >= 11 is 0. The molecule has 208 valence electrons. The van der Waals surface area contributed by atoms with Crippen LogP contribution in [0, 0.1) is 11.3 Å². The summed E-state index contributed by atoms with van der Waals surface area (Å²) in [6.45, 7) is 10.7. The third kappa shape index (κ3) is 20.9. The number of nitriles is 1. The SMILES string of the molecule is CC#N.CC1(C)COC(c2cccc(C3=NC(C)(C)CO3)n2)=N1.F[B-](F)(F)F.F[B-](F)(F)F.[Fe+2].[OH3+].[OH3+]. The minimum atomic E-state index is -6.00. The first-order valence-corrected chi connectivity index (χ1v) is 9.25. The minimum Gasteiger partial charge on any atom is -0.474 e. The van der Waals surface area contributed by atoms with Gasteiger partial charge in [0.25, 0.3) is 0 Å². The van der Waals surface area contributed by atoms with Crippen molar-refractivity contribution in [2.75, 3.05) is 13.2 Å². The van der Waals surface area contributed by atoms with Gasteiger partial charge in [-0.2, -0.15) is 5.26 Å². The van der Waals surface area contributed by atoms with E-state index in [0.717, 1.165) is 11.4 Å². The molecule has 1 aromatic heterocycles. The molecule has 0 radical (unpaired) electrons. The van der Waals surface area contributed by atoms with E-state index in [2.05, 4.69) is 15.0 Å². The number of aromatic nitrogens is 1. The first kappa shape index (κ1) is 40.7. The van der Waals surface area contributed by atoms with Crippen LogP contribution in [0.5, 0.6) is 0 Å². The van der Waals surface area contributed by atoms with Crippen molar-refractivity contribution >= 4 is 26.3 Å². The van der Waals surface area contributed by atoms with E-state index >= 15 is 0 Å². The molecule has 0 aromatic carbocycles. The minimum absolute atomic E-state index is 0. The monoisotopic (exact) mass is 582 g/mol. The predicted octanol–water partition coefficient (Wildman–Crippen LogP) is 3.48. The topological polar surface area (TPSA) is 146 Å². The maximum Gasteiger partial charge on any atom is 2.00 e. The molecule has 3 heterocycles. The van der Waals surface area contributed by atoms with Gasteiger partial charge in [-0.3, -0.25) is 0 Å². The summed E-state index contributed by atoms with van der Waals surface area (Å²) in [5.74, 6) is 1.18. The predicted molar refractivity (Wildman–Crippen MR) is 119 cm³/mol. The molecule has 0 unspecified atom stereocenters. The summed E-state index contributed by atoms with van der Waals surface area (Å²) in [4.78, 5) is 13.6. The maximum absolute atomic E-state index is 9.75. The van der Waals surface area contributed by atoms with Gasteiger partial charge in [-0.25, -0.2) is 15.0 Å². The van der Waals surface area contributed by atoms with Gasteiger partial charge < -0.3 is 55.0 Å². The van der Waals surface area contributed by atoms with Gasteiger partial charge in [0.1, 0.15) is 24.6 Å². The Morgan fingerprint density at radius 2 is 1.03 bits per heavy atom. The molecule has 0 fully saturated rings. The van der Waals surface area contributed by atoms with Crippen LogP contribution in [0.2, 0.25) is 0 Å². The quantitative estimate of drug-likeness (QED) is 0.299. The molecule has 6 N–H and O–H groups in total. The summed E-state index contributed by atoms with van der Waals surface area (Å²) in [5.41, 5.74) is 1.08. The van der Waals surface area contributed by atoms with Crippen LogP contribution in [0.1, 0.15) is 46.0 Å². The Balaban J connectivity index is -0.000000271. The molecule has 36 heavy (non-hydrogen) atoms. The Labute approximate surface area is 213 Å². The average molecular weight is 582 g/mol. The van der Waals surface area contributed by atoms with Crippen molar-refractivity contribution in [1.29, 1.82) is 5.26 Å². The zero-order valence-corrected chi connectivity index (χ0v) is 21.0. The van der Waals surface area contributed by atoms with E-state index in [9.17, 15) is 34.5 Å². The van der Waals surface area contributed by atoms with E-state index < -0.39 is 14.5 Å². The Morgan fingerprint density at radius 1 is 0.778 bits per heavy atom. The van der Waals surface area contributed by atoms with Crippen LogP contribution in [0.4, 0.5) is 34.5 Å². The number of halogens is 8. The first-order chi connectivity index (χ1) is 14.8. The normalized spacial score (nSPS) is 16.2. The van der Waals surface area contributed by atoms with Gasteiger partial charge in [0.2, 0.25) is 11.8 Å². The molecule has 1 aromatic rings. The Bertz CT molecular complexity index is 821. The Kier molecular flexibility index (Phi) is 18.5. The van der Waals surface area contributed by atoms with Crippen molar-refractivity contribution in [2.24, 2.45) is 9.98 Å². The number of ether oxygens (including phenoxy) is 2. The molecule has 2 aliphatic rings. The zero-order chi connectivity index (χ0) is 26.1. The van der Waals surface area contributed by atoms with Crippen molar-refractivity contribution in [3.63, 3.8) is 0 Å². The summed E-state index contributed by atoms with van der Waals surface area (Å²) in [6, 6.07) is 7.46. The van der Waals surface area contributed by atoms with E-state index in [1.165, 1.54) is 6.92 Å². The summed E-state index contributed by atoms with van der Waals surface area (Å²) in [5, 5.41) is 7.32. The maximum atomic E-state index is 9.75. The summed E-state index contributed by atoms with van der Waals surface area (Å²) < 4.78 is 89.2. The van der Waals surface area contributed by atoms with E-state index in [1.807, 2.05) is 45.9 Å². The smallest absolute Gasteiger partial charge is 0.474 e. The van der Waals surface area contributed by atoms with Crippen molar-refractivity contribution in [3.8, 4) is 6.07 Å². The molecule has 0 saturated heterocycles. The van der Waals surface area contributed by atoms with Crippen molar-refractivity contribution in [1.82, 2.24) is 4.98 Å². The van der Waals surface area contributed by atoms with Gasteiger partial charge in [-0.15, -0.1) is 0 Å². The number of hydrogen-bond acceptors (Lipinski definition) is 6. The molecule has 0 amide bonds. The van der Waals surface area contributed by atoms with Gasteiger partial charge in [0.15, 0.2) is 0 Å². The molecule has 0 spiro atoms. The largest absolute Gasteiger partial charge is 2.00 e. The molecule has 2 aliphatic heterocycles. The molecular formula is C17H28B2F8FeN4O4+2. The van der Waals surface area contributed by atoms with E-state index in [4.69, 9.17) is 14.7 Å². The van der Waals surface area contributed by atoms with Crippen LogP contribution in [-0.4, -0.2) is 55.6 Å². The summed E-state index contributed by atoms with van der Waals surface area (Å²) in [7, 11) is -12.0. The zero-order valence-electron chi connectivity index (χ0n) is 19.9. The van der Waals surface area contributed by atoms with Crippen LogP contribution in [0.25, 0.3) is 0 Å². The third-order valence-corrected chi connectivity index (χ3v) is 3.12. The van der Waals surface area contributed by atoms with Crippen molar-refractivity contribution in [3.05, 3.63) is 29.6 Å². The third-order valence-electron chi connectivity index (χ3n) is 3.12. The molecule has 19 heteroatoms. The Hall–Kier alpha value is -2.41. The second kappa shape index (κ2) is 16.4. The van der Waals surface area contributed by atoms with Gasteiger partial charge in [0.05, 0.1) is 17.1 Å². The fourth-order valence-corrected chi connectivity index (χ4v) is 2.10. The fourth-order valence-electron chi connectivity index (χ4n) is 2.10. The van der Waals surface area contributed by atoms with Crippen LogP contribution >= 0.6 is 0 Å². The average Bonchev–Trinajstić information content (AvgIpc) is 3.14. The molecule has 0 atom stereocenters. The van der Waals surface area contributed by atoms with E-state index in [1.54, 1.807) is 6.07 Å². The second-order valence-corrected chi connectivity index (χ2v) is 7.66.